The van der Waals surface area contributed by atoms with Gasteiger partial charge in [-0.15, -0.1) is 0 Å². The number of allylic oxidation sites excluding steroid dienone is 4. The van der Waals surface area contributed by atoms with E-state index in [9.17, 15) is 0 Å². The van der Waals surface area contributed by atoms with Gasteiger partial charge >= 0.3 is 0 Å². The van der Waals surface area contributed by atoms with Crippen LogP contribution in [0.4, 0.5) is 0 Å². The SMILES string of the molecule is C/C(=C\C(C)=C(/C)c1c2ccccc2c(-c2ccccc2-c2cccc3ccccc23)c2ccccc12)c1ccc2ccccc2c1. The Labute approximate surface area is 277 Å². The van der Waals surface area contributed by atoms with Gasteiger partial charge in [0.1, 0.15) is 0 Å². The number of hydrogen-bond donors (Lipinski definition) is 0. The largest absolute Gasteiger partial charge is 0.0616 e. The number of benzene rings is 8. The molecule has 0 N–H and O–H groups in total. The summed E-state index contributed by atoms with van der Waals surface area (Å²) < 4.78 is 0. The van der Waals surface area contributed by atoms with Crippen molar-refractivity contribution in [2.75, 3.05) is 0 Å². The molecule has 0 unspecified atom stereocenters. The van der Waals surface area contributed by atoms with Crippen molar-refractivity contribution < 1.29 is 0 Å². The normalized spacial score (nSPS) is 12.6. The van der Waals surface area contributed by atoms with Crippen LogP contribution in [0, 0.1) is 0 Å². The van der Waals surface area contributed by atoms with Crippen LogP contribution < -0.4 is 0 Å². The zero-order chi connectivity index (χ0) is 31.9. The molecule has 0 saturated heterocycles. The Hall–Kier alpha value is -5.72. The van der Waals surface area contributed by atoms with Crippen molar-refractivity contribution in [3.63, 3.8) is 0 Å². The lowest BCUT2D eigenvalue weighted by molar-refractivity contribution is 1.47. The highest BCUT2D eigenvalue weighted by atomic mass is 14.2. The Balaban J connectivity index is 1.36. The van der Waals surface area contributed by atoms with Crippen molar-refractivity contribution in [3.8, 4) is 22.3 Å². The standard InChI is InChI=1S/C47H36/c1-31(29-32(2)36-28-27-34-15-4-5-17-37(34)30-36)33(3)46-42-22-10-12-24-44(42)47(45-25-13-11-23-43(45)46)41-21-9-8-20-40(41)39-26-14-18-35-16-6-7-19-38(35)39/h4-30H,1-3H3/b32-29+,33-31+. The summed E-state index contributed by atoms with van der Waals surface area (Å²) in [5, 5.41) is 10.2. The summed E-state index contributed by atoms with van der Waals surface area (Å²) in [6, 6.07) is 57.6. The minimum Gasteiger partial charge on any atom is -0.0616 e. The Morgan fingerprint density at radius 1 is 0.404 bits per heavy atom. The quantitative estimate of drug-likeness (QED) is 0.136. The smallest absolute Gasteiger partial charge is 0.00201 e. The number of fused-ring (bicyclic) bond motifs is 4. The average Bonchev–Trinajstić information content (AvgIpc) is 3.13. The van der Waals surface area contributed by atoms with Crippen LogP contribution >= 0.6 is 0 Å². The molecular formula is C47H36. The first-order valence-electron chi connectivity index (χ1n) is 16.4. The van der Waals surface area contributed by atoms with Crippen molar-refractivity contribution in [3.05, 3.63) is 181 Å². The first-order valence-corrected chi connectivity index (χ1v) is 16.4. The molecule has 8 aromatic rings. The molecule has 0 nitrogen and oxygen atoms in total. The second kappa shape index (κ2) is 11.9. The van der Waals surface area contributed by atoms with Crippen LogP contribution in [-0.2, 0) is 0 Å². The predicted molar refractivity (Wildman–Crippen MR) is 206 cm³/mol. The summed E-state index contributed by atoms with van der Waals surface area (Å²) >= 11 is 0. The molecule has 0 fully saturated rings. The zero-order valence-corrected chi connectivity index (χ0v) is 27.1. The fourth-order valence-electron chi connectivity index (χ4n) is 7.37. The molecule has 47 heavy (non-hydrogen) atoms. The molecule has 0 atom stereocenters. The minimum atomic E-state index is 1.25. The Morgan fingerprint density at radius 2 is 0.915 bits per heavy atom. The van der Waals surface area contributed by atoms with Crippen molar-refractivity contribution in [2.45, 2.75) is 20.8 Å². The summed E-state index contributed by atoms with van der Waals surface area (Å²) in [6.45, 7) is 6.77. The van der Waals surface area contributed by atoms with Crippen LogP contribution in [0.15, 0.2) is 169 Å². The second-order valence-electron chi connectivity index (χ2n) is 12.6. The van der Waals surface area contributed by atoms with Gasteiger partial charge in [-0.05, 0) is 120 Å². The highest BCUT2D eigenvalue weighted by Crippen LogP contribution is 2.46. The molecule has 0 heterocycles. The van der Waals surface area contributed by atoms with E-state index in [-0.39, 0.29) is 0 Å². The first kappa shape index (κ1) is 28.7. The van der Waals surface area contributed by atoms with Crippen molar-refractivity contribution in [2.24, 2.45) is 0 Å². The van der Waals surface area contributed by atoms with Gasteiger partial charge in [0.15, 0.2) is 0 Å². The van der Waals surface area contributed by atoms with E-state index >= 15 is 0 Å². The molecule has 0 heteroatoms. The van der Waals surface area contributed by atoms with Gasteiger partial charge in [0, 0.05) is 0 Å². The zero-order valence-electron chi connectivity index (χ0n) is 27.1. The average molecular weight is 601 g/mol. The number of rotatable bonds is 5. The summed E-state index contributed by atoms with van der Waals surface area (Å²) in [4.78, 5) is 0. The van der Waals surface area contributed by atoms with Crippen LogP contribution in [0.5, 0.6) is 0 Å². The molecule has 0 bridgehead atoms. The van der Waals surface area contributed by atoms with Crippen molar-refractivity contribution in [1.82, 2.24) is 0 Å². The van der Waals surface area contributed by atoms with Crippen molar-refractivity contribution in [1.29, 1.82) is 0 Å². The third-order valence-electron chi connectivity index (χ3n) is 9.81. The van der Waals surface area contributed by atoms with E-state index in [0.717, 1.165) is 0 Å². The molecule has 0 spiro atoms. The maximum Gasteiger partial charge on any atom is -0.00201 e. The highest BCUT2D eigenvalue weighted by Gasteiger charge is 2.19. The van der Waals surface area contributed by atoms with Gasteiger partial charge in [-0.25, -0.2) is 0 Å². The Kier molecular flexibility index (Phi) is 7.27. The van der Waals surface area contributed by atoms with E-state index in [0.29, 0.717) is 0 Å². The van der Waals surface area contributed by atoms with Crippen LogP contribution in [0.1, 0.15) is 31.9 Å². The first-order chi connectivity index (χ1) is 23.1. The van der Waals surface area contributed by atoms with Crippen LogP contribution in [0.3, 0.4) is 0 Å². The van der Waals surface area contributed by atoms with Gasteiger partial charge in [-0.3, -0.25) is 0 Å². The summed E-state index contributed by atoms with van der Waals surface area (Å²) in [5.74, 6) is 0. The van der Waals surface area contributed by atoms with E-state index in [2.05, 4.69) is 185 Å². The second-order valence-corrected chi connectivity index (χ2v) is 12.6. The fourth-order valence-corrected chi connectivity index (χ4v) is 7.37. The predicted octanol–water partition coefficient (Wildman–Crippen LogP) is 13.5. The van der Waals surface area contributed by atoms with Gasteiger partial charge in [0.25, 0.3) is 0 Å². The summed E-state index contributed by atoms with van der Waals surface area (Å²) in [7, 11) is 0. The highest BCUT2D eigenvalue weighted by molar-refractivity contribution is 6.20. The van der Waals surface area contributed by atoms with E-state index < -0.39 is 0 Å². The Morgan fingerprint density at radius 3 is 1.62 bits per heavy atom. The molecular weight excluding hydrogens is 565 g/mol. The molecule has 0 radical (unpaired) electrons. The van der Waals surface area contributed by atoms with Gasteiger partial charge in [0.05, 0.1) is 0 Å². The lowest BCUT2D eigenvalue weighted by Gasteiger charge is -2.21. The van der Waals surface area contributed by atoms with Gasteiger partial charge in [-0.2, -0.15) is 0 Å². The van der Waals surface area contributed by atoms with Gasteiger partial charge < -0.3 is 0 Å². The lowest BCUT2D eigenvalue weighted by atomic mass is 9.82. The fraction of sp³-hybridized carbons (Fsp3) is 0.0638. The maximum absolute atomic E-state index is 2.35. The Bertz CT molecular complexity index is 2480. The molecule has 0 aliphatic heterocycles. The molecule has 8 aromatic carbocycles. The third-order valence-corrected chi connectivity index (χ3v) is 9.81. The van der Waals surface area contributed by atoms with E-state index in [1.54, 1.807) is 0 Å². The molecule has 8 rings (SSSR count). The molecule has 0 aliphatic carbocycles. The molecule has 0 aromatic heterocycles. The molecule has 0 amide bonds. The van der Waals surface area contributed by atoms with Crippen LogP contribution in [0.25, 0.3) is 76.5 Å². The lowest BCUT2D eigenvalue weighted by Crippen LogP contribution is -1.95. The van der Waals surface area contributed by atoms with E-state index in [4.69, 9.17) is 0 Å². The monoisotopic (exact) mass is 600 g/mol. The molecule has 224 valence electrons. The van der Waals surface area contributed by atoms with Gasteiger partial charge in [-0.1, -0.05) is 158 Å². The third kappa shape index (κ3) is 5.03. The summed E-state index contributed by atoms with van der Waals surface area (Å²) in [6.07, 6.45) is 2.35. The van der Waals surface area contributed by atoms with E-state index in [1.807, 2.05) is 0 Å². The summed E-state index contributed by atoms with van der Waals surface area (Å²) in [5.41, 5.74) is 11.5. The molecule has 0 saturated carbocycles. The van der Waals surface area contributed by atoms with Gasteiger partial charge in [0.2, 0.25) is 0 Å². The van der Waals surface area contributed by atoms with E-state index in [1.165, 1.54) is 93.2 Å². The number of hydrogen-bond acceptors (Lipinski definition) is 0. The van der Waals surface area contributed by atoms with Crippen LogP contribution in [0.2, 0.25) is 0 Å². The molecule has 0 aliphatic rings. The minimum absolute atomic E-state index is 1.25. The maximum atomic E-state index is 2.35. The topological polar surface area (TPSA) is 0 Å². The van der Waals surface area contributed by atoms with Crippen molar-refractivity contribution >= 4 is 54.2 Å². The van der Waals surface area contributed by atoms with Crippen LogP contribution in [-0.4, -0.2) is 0 Å².